The van der Waals surface area contributed by atoms with E-state index in [1.54, 1.807) is 0 Å². The van der Waals surface area contributed by atoms with Crippen LogP contribution in [-0.4, -0.2) is 10.7 Å². The van der Waals surface area contributed by atoms with E-state index in [1.165, 1.54) is 0 Å². The molecule has 1 heteroatoms. The SMILES string of the molecule is CC[C@]1(O)C=C[C@@H](C(C)C)CC1. The van der Waals surface area contributed by atoms with E-state index >= 15 is 0 Å². The maximum absolute atomic E-state index is 9.89. The summed E-state index contributed by atoms with van der Waals surface area (Å²) in [4.78, 5) is 0. The highest BCUT2D eigenvalue weighted by molar-refractivity contribution is 5.07. The van der Waals surface area contributed by atoms with Crippen molar-refractivity contribution >= 4 is 0 Å². The second-order valence-corrected chi connectivity index (χ2v) is 4.26. The van der Waals surface area contributed by atoms with Crippen LogP contribution in [-0.2, 0) is 0 Å². The summed E-state index contributed by atoms with van der Waals surface area (Å²) in [7, 11) is 0. The molecule has 0 saturated heterocycles. The minimum atomic E-state index is -0.495. The summed E-state index contributed by atoms with van der Waals surface area (Å²) in [5, 5.41) is 9.89. The molecule has 12 heavy (non-hydrogen) atoms. The van der Waals surface area contributed by atoms with Gasteiger partial charge < -0.3 is 5.11 Å². The van der Waals surface area contributed by atoms with Crippen molar-refractivity contribution in [3.63, 3.8) is 0 Å². The Morgan fingerprint density at radius 1 is 1.58 bits per heavy atom. The lowest BCUT2D eigenvalue weighted by molar-refractivity contribution is 0.0617. The Kier molecular flexibility index (Phi) is 2.94. The fourth-order valence-electron chi connectivity index (χ4n) is 1.75. The number of allylic oxidation sites excluding steroid dienone is 1. The summed E-state index contributed by atoms with van der Waals surface area (Å²) in [6.07, 6.45) is 7.11. The maximum atomic E-state index is 9.89. The summed E-state index contributed by atoms with van der Waals surface area (Å²) in [6, 6.07) is 0. The Morgan fingerprint density at radius 2 is 2.25 bits per heavy atom. The predicted octanol–water partition coefficient (Wildman–Crippen LogP) is 2.75. The molecule has 0 aromatic heterocycles. The monoisotopic (exact) mass is 168 g/mol. The molecule has 0 fully saturated rings. The molecule has 0 aromatic carbocycles. The van der Waals surface area contributed by atoms with Crippen LogP contribution in [0.3, 0.4) is 0 Å². The molecule has 1 nitrogen and oxygen atoms in total. The highest BCUT2D eigenvalue weighted by Crippen LogP contribution is 2.31. The molecular formula is C11H20O. The molecule has 70 valence electrons. The zero-order valence-electron chi connectivity index (χ0n) is 8.38. The number of aliphatic hydroxyl groups is 1. The van der Waals surface area contributed by atoms with Crippen LogP contribution in [0.5, 0.6) is 0 Å². The predicted molar refractivity (Wildman–Crippen MR) is 51.9 cm³/mol. The van der Waals surface area contributed by atoms with Crippen LogP contribution in [0.25, 0.3) is 0 Å². The second kappa shape index (κ2) is 3.61. The van der Waals surface area contributed by atoms with E-state index in [2.05, 4.69) is 19.9 Å². The third-order valence-corrected chi connectivity index (χ3v) is 3.03. The van der Waals surface area contributed by atoms with Gasteiger partial charge in [0.25, 0.3) is 0 Å². The van der Waals surface area contributed by atoms with Gasteiger partial charge in [0.1, 0.15) is 0 Å². The summed E-state index contributed by atoms with van der Waals surface area (Å²) in [5.74, 6) is 1.39. The molecule has 0 amide bonds. The van der Waals surface area contributed by atoms with Crippen LogP contribution in [0.15, 0.2) is 12.2 Å². The van der Waals surface area contributed by atoms with E-state index in [4.69, 9.17) is 0 Å². The molecule has 0 radical (unpaired) electrons. The molecule has 0 bridgehead atoms. The molecule has 0 aliphatic heterocycles. The third-order valence-electron chi connectivity index (χ3n) is 3.03. The van der Waals surface area contributed by atoms with Gasteiger partial charge in [-0.2, -0.15) is 0 Å². The Balaban J connectivity index is 2.58. The molecule has 1 rings (SSSR count). The standard InChI is InChI=1S/C11H20O/c1-4-11(12)7-5-10(6-8-11)9(2)3/h5,7,9-10,12H,4,6,8H2,1-3H3/t10-,11+/m1/s1. The number of hydrogen-bond donors (Lipinski definition) is 1. The maximum Gasteiger partial charge on any atom is 0.0825 e. The van der Waals surface area contributed by atoms with Crippen molar-refractivity contribution in [2.75, 3.05) is 0 Å². The average Bonchev–Trinajstić information content (AvgIpc) is 2.05. The van der Waals surface area contributed by atoms with Crippen LogP contribution < -0.4 is 0 Å². The molecule has 1 aliphatic carbocycles. The lowest BCUT2D eigenvalue weighted by Gasteiger charge is -2.31. The van der Waals surface area contributed by atoms with Gasteiger partial charge >= 0.3 is 0 Å². The first-order chi connectivity index (χ1) is 5.57. The first-order valence-corrected chi connectivity index (χ1v) is 4.99. The molecule has 0 saturated carbocycles. The summed E-state index contributed by atoms with van der Waals surface area (Å²) in [6.45, 7) is 6.52. The van der Waals surface area contributed by atoms with Gasteiger partial charge in [-0.25, -0.2) is 0 Å². The van der Waals surface area contributed by atoms with E-state index in [9.17, 15) is 5.11 Å². The van der Waals surface area contributed by atoms with Crippen LogP contribution in [0.4, 0.5) is 0 Å². The van der Waals surface area contributed by atoms with Crippen molar-refractivity contribution in [2.24, 2.45) is 11.8 Å². The molecule has 2 atom stereocenters. The van der Waals surface area contributed by atoms with Crippen LogP contribution in [0, 0.1) is 11.8 Å². The lowest BCUT2D eigenvalue weighted by atomic mass is 9.79. The average molecular weight is 168 g/mol. The molecule has 0 heterocycles. The number of rotatable bonds is 2. The van der Waals surface area contributed by atoms with E-state index in [0.717, 1.165) is 19.3 Å². The Labute approximate surface area is 75.5 Å². The fourth-order valence-corrected chi connectivity index (χ4v) is 1.75. The smallest absolute Gasteiger partial charge is 0.0825 e. The van der Waals surface area contributed by atoms with Gasteiger partial charge in [0.05, 0.1) is 5.60 Å². The van der Waals surface area contributed by atoms with Crippen molar-refractivity contribution in [3.8, 4) is 0 Å². The number of hydrogen-bond acceptors (Lipinski definition) is 1. The molecular weight excluding hydrogens is 148 g/mol. The normalized spacial score (nSPS) is 35.9. The van der Waals surface area contributed by atoms with E-state index in [1.807, 2.05) is 13.0 Å². The van der Waals surface area contributed by atoms with Gasteiger partial charge in [-0.15, -0.1) is 0 Å². The third kappa shape index (κ3) is 2.10. The Bertz CT molecular complexity index is 172. The van der Waals surface area contributed by atoms with E-state index in [-0.39, 0.29) is 0 Å². The molecule has 1 N–H and O–H groups in total. The van der Waals surface area contributed by atoms with Gasteiger partial charge in [-0.1, -0.05) is 32.9 Å². The zero-order valence-corrected chi connectivity index (χ0v) is 8.38. The Hall–Kier alpha value is -0.300. The van der Waals surface area contributed by atoms with Crippen molar-refractivity contribution in [2.45, 2.75) is 45.6 Å². The van der Waals surface area contributed by atoms with E-state index in [0.29, 0.717) is 11.8 Å². The van der Waals surface area contributed by atoms with Crippen molar-refractivity contribution in [1.82, 2.24) is 0 Å². The van der Waals surface area contributed by atoms with Crippen molar-refractivity contribution in [1.29, 1.82) is 0 Å². The molecule has 0 unspecified atom stereocenters. The quantitative estimate of drug-likeness (QED) is 0.629. The van der Waals surface area contributed by atoms with Crippen LogP contribution >= 0.6 is 0 Å². The van der Waals surface area contributed by atoms with Crippen LogP contribution in [0.2, 0.25) is 0 Å². The van der Waals surface area contributed by atoms with Crippen molar-refractivity contribution < 1.29 is 5.11 Å². The Morgan fingerprint density at radius 3 is 2.58 bits per heavy atom. The highest BCUT2D eigenvalue weighted by atomic mass is 16.3. The summed E-state index contributed by atoms with van der Waals surface area (Å²) < 4.78 is 0. The first kappa shape index (κ1) is 9.79. The van der Waals surface area contributed by atoms with Gasteiger partial charge in [0.15, 0.2) is 0 Å². The zero-order chi connectivity index (χ0) is 9.19. The van der Waals surface area contributed by atoms with Gasteiger partial charge in [0, 0.05) is 0 Å². The van der Waals surface area contributed by atoms with Gasteiger partial charge in [-0.05, 0) is 31.1 Å². The van der Waals surface area contributed by atoms with Crippen molar-refractivity contribution in [3.05, 3.63) is 12.2 Å². The summed E-state index contributed by atoms with van der Waals surface area (Å²) >= 11 is 0. The van der Waals surface area contributed by atoms with E-state index < -0.39 is 5.60 Å². The van der Waals surface area contributed by atoms with Gasteiger partial charge in [-0.3, -0.25) is 0 Å². The highest BCUT2D eigenvalue weighted by Gasteiger charge is 2.27. The molecule has 1 aliphatic rings. The minimum Gasteiger partial charge on any atom is -0.386 e. The van der Waals surface area contributed by atoms with Crippen LogP contribution in [0.1, 0.15) is 40.0 Å². The lowest BCUT2D eigenvalue weighted by Crippen LogP contribution is -2.29. The minimum absolute atomic E-state index is 0.495. The first-order valence-electron chi connectivity index (χ1n) is 4.99. The second-order valence-electron chi connectivity index (χ2n) is 4.26. The topological polar surface area (TPSA) is 20.2 Å². The fraction of sp³-hybridized carbons (Fsp3) is 0.818. The summed E-state index contributed by atoms with van der Waals surface area (Å²) in [5.41, 5.74) is -0.495. The van der Waals surface area contributed by atoms with Gasteiger partial charge in [0.2, 0.25) is 0 Å². The largest absolute Gasteiger partial charge is 0.386 e. The molecule has 0 aromatic rings. The molecule has 0 spiro atoms.